The first-order valence-electron chi connectivity index (χ1n) is 7.76. The van der Waals surface area contributed by atoms with Crippen LogP contribution in [-0.2, 0) is 14.6 Å². The van der Waals surface area contributed by atoms with Crippen molar-refractivity contribution in [2.75, 3.05) is 45.6 Å². The van der Waals surface area contributed by atoms with Gasteiger partial charge < -0.3 is 15.0 Å². The number of methoxy groups -OCH3 is 1. The Balaban J connectivity index is 2.60. The van der Waals surface area contributed by atoms with Gasteiger partial charge in [0.05, 0.1) is 17.3 Å². The monoisotopic (exact) mass is 342 g/mol. The molecule has 1 rings (SSSR count). The summed E-state index contributed by atoms with van der Waals surface area (Å²) in [6.45, 7) is 7.55. The van der Waals surface area contributed by atoms with E-state index >= 15 is 0 Å². The molecule has 0 bridgehead atoms. The summed E-state index contributed by atoms with van der Waals surface area (Å²) in [6.07, 6.45) is 0. The SMILES string of the molecule is CCN(CC)CCNC(=O)c1ccc(S(=O)(=O)CCOC)cc1. The first-order valence-corrected chi connectivity index (χ1v) is 9.42. The number of sulfone groups is 1. The summed E-state index contributed by atoms with van der Waals surface area (Å²) in [5.41, 5.74) is 0.454. The number of rotatable bonds is 10. The lowest BCUT2D eigenvalue weighted by Gasteiger charge is -2.17. The van der Waals surface area contributed by atoms with Gasteiger partial charge >= 0.3 is 0 Å². The highest BCUT2D eigenvalue weighted by Gasteiger charge is 2.15. The average Bonchev–Trinajstić information content (AvgIpc) is 2.57. The van der Waals surface area contributed by atoms with Gasteiger partial charge in [0.25, 0.3) is 5.91 Å². The molecule has 1 N–H and O–H groups in total. The van der Waals surface area contributed by atoms with Gasteiger partial charge in [-0.3, -0.25) is 4.79 Å². The van der Waals surface area contributed by atoms with Gasteiger partial charge in [-0.05, 0) is 37.4 Å². The molecule has 0 saturated carbocycles. The molecule has 0 aliphatic rings. The van der Waals surface area contributed by atoms with Crippen molar-refractivity contribution in [1.82, 2.24) is 10.2 Å². The number of nitrogens with zero attached hydrogens (tertiary/aromatic N) is 1. The highest BCUT2D eigenvalue weighted by atomic mass is 32.2. The summed E-state index contributed by atoms with van der Waals surface area (Å²) in [7, 11) is -1.90. The van der Waals surface area contributed by atoms with E-state index in [2.05, 4.69) is 24.1 Å². The fraction of sp³-hybridized carbons (Fsp3) is 0.562. The molecular weight excluding hydrogens is 316 g/mol. The third-order valence-electron chi connectivity index (χ3n) is 3.64. The zero-order chi connectivity index (χ0) is 17.3. The Labute approximate surface area is 138 Å². The number of hydrogen-bond donors (Lipinski definition) is 1. The quantitative estimate of drug-likeness (QED) is 0.691. The second-order valence-electron chi connectivity index (χ2n) is 5.12. The molecule has 0 atom stereocenters. The Bertz CT molecular complexity index is 581. The highest BCUT2D eigenvalue weighted by molar-refractivity contribution is 7.91. The van der Waals surface area contributed by atoms with Crippen LogP contribution in [0.15, 0.2) is 29.2 Å². The Morgan fingerprint density at radius 1 is 1.17 bits per heavy atom. The van der Waals surface area contributed by atoms with Gasteiger partial charge in [0.2, 0.25) is 0 Å². The lowest BCUT2D eigenvalue weighted by Crippen LogP contribution is -2.34. The minimum atomic E-state index is -3.36. The molecule has 0 unspecified atom stereocenters. The highest BCUT2D eigenvalue weighted by Crippen LogP contribution is 2.12. The standard InChI is InChI=1S/C16H26N2O4S/c1-4-18(5-2)11-10-17-16(19)14-6-8-15(9-7-14)23(20,21)13-12-22-3/h6-9H,4-5,10-13H2,1-3H3,(H,17,19). The van der Waals surface area contributed by atoms with Crippen LogP contribution in [0.5, 0.6) is 0 Å². The van der Waals surface area contributed by atoms with Crippen LogP contribution in [0.2, 0.25) is 0 Å². The number of ether oxygens (including phenoxy) is 1. The van der Waals surface area contributed by atoms with Crippen LogP contribution in [-0.4, -0.2) is 64.9 Å². The lowest BCUT2D eigenvalue weighted by atomic mass is 10.2. The van der Waals surface area contributed by atoms with E-state index in [1.165, 1.54) is 31.4 Å². The smallest absolute Gasteiger partial charge is 0.251 e. The van der Waals surface area contributed by atoms with E-state index in [9.17, 15) is 13.2 Å². The number of amides is 1. The fourth-order valence-corrected chi connectivity index (χ4v) is 3.27. The van der Waals surface area contributed by atoms with Crippen LogP contribution >= 0.6 is 0 Å². The molecular formula is C16H26N2O4S. The average molecular weight is 342 g/mol. The van der Waals surface area contributed by atoms with Crippen LogP contribution in [0.4, 0.5) is 0 Å². The normalized spacial score (nSPS) is 11.7. The molecule has 7 heteroatoms. The summed E-state index contributed by atoms with van der Waals surface area (Å²) < 4.78 is 28.8. The van der Waals surface area contributed by atoms with E-state index < -0.39 is 9.84 Å². The molecule has 23 heavy (non-hydrogen) atoms. The summed E-state index contributed by atoms with van der Waals surface area (Å²) in [4.78, 5) is 14.5. The Kier molecular flexibility index (Phi) is 8.22. The van der Waals surface area contributed by atoms with Crippen molar-refractivity contribution in [2.24, 2.45) is 0 Å². The molecule has 0 aliphatic heterocycles. The fourth-order valence-electron chi connectivity index (χ4n) is 2.09. The zero-order valence-corrected chi connectivity index (χ0v) is 14.9. The molecule has 1 aromatic carbocycles. The maximum absolute atomic E-state index is 12.0. The van der Waals surface area contributed by atoms with Gasteiger partial charge in [-0.2, -0.15) is 0 Å². The zero-order valence-electron chi connectivity index (χ0n) is 14.0. The van der Waals surface area contributed by atoms with E-state index in [0.29, 0.717) is 12.1 Å². The van der Waals surface area contributed by atoms with Gasteiger partial charge in [-0.25, -0.2) is 8.42 Å². The Morgan fingerprint density at radius 3 is 2.30 bits per heavy atom. The van der Waals surface area contributed by atoms with E-state index in [1.54, 1.807) is 0 Å². The first kappa shape index (κ1) is 19.6. The van der Waals surface area contributed by atoms with Crippen LogP contribution < -0.4 is 5.32 Å². The molecule has 1 aromatic rings. The van der Waals surface area contributed by atoms with E-state index in [-0.39, 0.29) is 23.2 Å². The van der Waals surface area contributed by atoms with Crippen LogP contribution in [0.1, 0.15) is 24.2 Å². The van der Waals surface area contributed by atoms with Crippen molar-refractivity contribution >= 4 is 15.7 Å². The third-order valence-corrected chi connectivity index (χ3v) is 5.33. The number of hydrogen-bond acceptors (Lipinski definition) is 5. The van der Waals surface area contributed by atoms with Gasteiger partial charge in [0.15, 0.2) is 9.84 Å². The second-order valence-corrected chi connectivity index (χ2v) is 7.23. The van der Waals surface area contributed by atoms with E-state index in [1.807, 2.05) is 0 Å². The van der Waals surface area contributed by atoms with Crippen molar-refractivity contribution in [1.29, 1.82) is 0 Å². The van der Waals surface area contributed by atoms with Crippen molar-refractivity contribution in [3.63, 3.8) is 0 Å². The predicted molar refractivity (Wildman–Crippen MR) is 90.5 cm³/mol. The van der Waals surface area contributed by atoms with Crippen LogP contribution in [0.3, 0.4) is 0 Å². The summed E-state index contributed by atoms with van der Waals surface area (Å²) in [6, 6.07) is 5.99. The molecule has 0 aliphatic carbocycles. The summed E-state index contributed by atoms with van der Waals surface area (Å²) in [5, 5.41) is 2.84. The molecule has 0 radical (unpaired) electrons. The first-order chi connectivity index (χ1) is 10.9. The van der Waals surface area contributed by atoms with Gasteiger partial charge in [0, 0.05) is 25.8 Å². The molecule has 0 heterocycles. The maximum Gasteiger partial charge on any atom is 0.251 e. The molecule has 130 valence electrons. The van der Waals surface area contributed by atoms with Crippen LogP contribution in [0, 0.1) is 0 Å². The molecule has 0 fully saturated rings. The number of carbonyl (C=O) groups excluding carboxylic acids is 1. The molecule has 0 spiro atoms. The van der Waals surface area contributed by atoms with E-state index in [0.717, 1.165) is 19.6 Å². The molecule has 1 amide bonds. The number of carbonyl (C=O) groups is 1. The lowest BCUT2D eigenvalue weighted by molar-refractivity contribution is 0.0949. The van der Waals surface area contributed by atoms with Gasteiger partial charge in [-0.1, -0.05) is 13.8 Å². The third kappa shape index (κ3) is 6.29. The second kappa shape index (κ2) is 9.64. The van der Waals surface area contributed by atoms with E-state index in [4.69, 9.17) is 4.74 Å². The molecule has 0 aromatic heterocycles. The Morgan fingerprint density at radius 2 is 1.78 bits per heavy atom. The number of likely N-dealkylation sites (N-methyl/N-ethyl adjacent to an activating group) is 1. The van der Waals surface area contributed by atoms with Crippen molar-refractivity contribution in [3.8, 4) is 0 Å². The van der Waals surface area contributed by atoms with Crippen LogP contribution in [0.25, 0.3) is 0 Å². The molecule has 0 saturated heterocycles. The molecule has 6 nitrogen and oxygen atoms in total. The maximum atomic E-state index is 12.0. The van der Waals surface area contributed by atoms with Gasteiger partial charge in [-0.15, -0.1) is 0 Å². The van der Waals surface area contributed by atoms with Crippen molar-refractivity contribution in [3.05, 3.63) is 29.8 Å². The number of benzene rings is 1. The number of nitrogens with one attached hydrogen (secondary N) is 1. The summed E-state index contributed by atoms with van der Waals surface area (Å²) in [5.74, 6) is -0.267. The largest absolute Gasteiger partial charge is 0.384 e. The predicted octanol–water partition coefficient (Wildman–Crippen LogP) is 1.18. The minimum absolute atomic E-state index is 0.0705. The van der Waals surface area contributed by atoms with Crippen molar-refractivity contribution in [2.45, 2.75) is 18.7 Å². The minimum Gasteiger partial charge on any atom is -0.384 e. The summed E-state index contributed by atoms with van der Waals surface area (Å²) >= 11 is 0. The topological polar surface area (TPSA) is 75.7 Å². The van der Waals surface area contributed by atoms with Gasteiger partial charge in [0.1, 0.15) is 0 Å². The Hall–Kier alpha value is -1.44. The van der Waals surface area contributed by atoms with Crippen molar-refractivity contribution < 1.29 is 17.9 Å².